The van der Waals surface area contributed by atoms with Crippen molar-refractivity contribution < 1.29 is 19.1 Å². The predicted octanol–water partition coefficient (Wildman–Crippen LogP) is 4.72. The van der Waals surface area contributed by atoms with Crippen LogP contribution in [-0.2, 0) is 11.3 Å². The number of aromatic amines is 1. The third-order valence-corrected chi connectivity index (χ3v) is 8.34. The Labute approximate surface area is 272 Å². The van der Waals surface area contributed by atoms with Gasteiger partial charge in [-0.25, -0.2) is 9.38 Å². The number of anilines is 1. The van der Waals surface area contributed by atoms with Gasteiger partial charge in [0.05, 0.1) is 29.0 Å². The van der Waals surface area contributed by atoms with Crippen LogP contribution >= 0.6 is 0 Å². The second-order valence-corrected chi connectivity index (χ2v) is 11.6. The molecule has 10 nitrogen and oxygen atoms in total. The minimum Gasteiger partial charge on any atom is -0.494 e. The summed E-state index contributed by atoms with van der Waals surface area (Å²) in [7, 11) is 3.85. The van der Waals surface area contributed by atoms with E-state index in [1.165, 1.54) is 12.1 Å². The fraction of sp³-hybridized carbons (Fsp3) is 0.222. The number of piperazine rings is 1. The summed E-state index contributed by atoms with van der Waals surface area (Å²) < 4.78 is 14.1. The number of hydrogen-bond acceptors (Lipinski definition) is 7. The van der Waals surface area contributed by atoms with E-state index in [1.54, 1.807) is 42.4 Å². The lowest BCUT2D eigenvalue weighted by atomic mass is 9.99. The van der Waals surface area contributed by atoms with Crippen LogP contribution in [0.3, 0.4) is 0 Å². The highest BCUT2D eigenvalue weighted by molar-refractivity contribution is 6.22. The first-order chi connectivity index (χ1) is 22.7. The average Bonchev–Trinajstić information content (AvgIpc) is 3.41. The molecule has 0 saturated carbocycles. The summed E-state index contributed by atoms with van der Waals surface area (Å²) in [5.74, 6) is -0.872. The standard InChI is InChI=1S/C36H36FN7O3/c1-42-16-18-44(19-17-42)23-32(45)43(2)28-12-10-27(11-13-28)40-34(33-29-14-9-26(37)21-31(29)41-36(33)47)25-7-5-6-24(20-25)22-39-35(46)30-8-3-4-15-38-30/h3-15,20-21,41,47H,16-19,22-23H2,1-2H3,(H,39,46). The van der Waals surface area contributed by atoms with E-state index in [0.717, 1.165) is 37.4 Å². The van der Waals surface area contributed by atoms with Gasteiger partial charge < -0.3 is 25.2 Å². The van der Waals surface area contributed by atoms with Crippen LogP contribution in [0.2, 0.25) is 0 Å². The lowest BCUT2D eigenvalue weighted by Gasteiger charge is -2.32. The summed E-state index contributed by atoms with van der Waals surface area (Å²) in [6, 6.07) is 24.2. The van der Waals surface area contributed by atoms with Gasteiger partial charge in [-0.1, -0.05) is 24.3 Å². The summed E-state index contributed by atoms with van der Waals surface area (Å²) in [5, 5.41) is 14.6. The van der Waals surface area contributed by atoms with Crippen molar-refractivity contribution in [2.45, 2.75) is 6.54 Å². The molecule has 0 atom stereocenters. The highest BCUT2D eigenvalue weighted by Crippen LogP contribution is 2.32. The number of halogens is 1. The van der Waals surface area contributed by atoms with Gasteiger partial charge in [0, 0.05) is 62.6 Å². The van der Waals surface area contributed by atoms with Crippen LogP contribution in [0.15, 0.2) is 96.1 Å². The average molecular weight is 634 g/mol. The molecule has 11 heteroatoms. The largest absolute Gasteiger partial charge is 0.494 e. The van der Waals surface area contributed by atoms with Crippen LogP contribution in [0.1, 0.15) is 27.2 Å². The number of rotatable bonds is 9. The molecule has 5 aromatic rings. The van der Waals surface area contributed by atoms with Gasteiger partial charge in [-0.05, 0) is 73.3 Å². The van der Waals surface area contributed by atoms with E-state index in [1.807, 2.05) is 48.5 Å². The first-order valence-electron chi connectivity index (χ1n) is 15.4. The molecule has 1 aliphatic rings. The summed E-state index contributed by atoms with van der Waals surface area (Å²) in [6.45, 7) is 4.19. The van der Waals surface area contributed by atoms with Crippen molar-refractivity contribution in [3.63, 3.8) is 0 Å². The molecular formula is C36H36FN7O3. The monoisotopic (exact) mass is 633 g/mol. The summed E-state index contributed by atoms with van der Waals surface area (Å²) in [4.78, 5) is 43.7. The molecule has 0 bridgehead atoms. The number of aliphatic imine (C=N–C) groups is 1. The van der Waals surface area contributed by atoms with E-state index in [2.05, 4.69) is 32.1 Å². The third-order valence-electron chi connectivity index (χ3n) is 8.34. The van der Waals surface area contributed by atoms with Crippen LogP contribution in [0.5, 0.6) is 5.88 Å². The molecule has 1 fully saturated rings. The highest BCUT2D eigenvalue weighted by atomic mass is 19.1. The van der Waals surface area contributed by atoms with Gasteiger partial charge in [-0.15, -0.1) is 0 Å². The smallest absolute Gasteiger partial charge is 0.270 e. The Kier molecular flexibility index (Phi) is 9.37. The Morgan fingerprint density at radius 2 is 1.79 bits per heavy atom. The molecule has 0 aliphatic carbocycles. The lowest BCUT2D eigenvalue weighted by molar-refractivity contribution is -0.119. The van der Waals surface area contributed by atoms with Crippen LogP contribution < -0.4 is 10.2 Å². The van der Waals surface area contributed by atoms with Crippen molar-refractivity contribution in [2.75, 3.05) is 51.7 Å². The van der Waals surface area contributed by atoms with Gasteiger partial charge in [-0.3, -0.25) is 19.5 Å². The van der Waals surface area contributed by atoms with Crippen LogP contribution in [-0.4, -0.2) is 89.2 Å². The molecule has 2 aromatic heterocycles. The molecule has 1 saturated heterocycles. The number of amides is 2. The Bertz CT molecular complexity index is 1920. The molecule has 3 heterocycles. The maximum atomic E-state index is 14.1. The third kappa shape index (κ3) is 7.37. The quantitative estimate of drug-likeness (QED) is 0.203. The fourth-order valence-electron chi connectivity index (χ4n) is 5.59. The van der Waals surface area contributed by atoms with Gasteiger partial charge in [-0.2, -0.15) is 0 Å². The van der Waals surface area contributed by atoms with Gasteiger partial charge >= 0.3 is 0 Å². The van der Waals surface area contributed by atoms with Crippen molar-refractivity contribution >= 4 is 39.8 Å². The number of aromatic nitrogens is 2. The summed E-state index contributed by atoms with van der Waals surface area (Å²) in [6.07, 6.45) is 1.56. The van der Waals surface area contributed by atoms with E-state index in [4.69, 9.17) is 4.99 Å². The number of pyridine rings is 1. The molecule has 2 amide bonds. The van der Waals surface area contributed by atoms with Gasteiger partial charge in [0.25, 0.3) is 5.91 Å². The molecule has 47 heavy (non-hydrogen) atoms. The van der Waals surface area contributed by atoms with Crippen molar-refractivity contribution in [1.82, 2.24) is 25.1 Å². The molecule has 3 aromatic carbocycles. The number of fused-ring (bicyclic) bond motifs is 1. The van der Waals surface area contributed by atoms with Crippen molar-refractivity contribution in [1.29, 1.82) is 0 Å². The van der Waals surface area contributed by atoms with Crippen LogP contribution in [0, 0.1) is 5.82 Å². The molecule has 0 spiro atoms. The minimum atomic E-state index is -0.434. The maximum Gasteiger partial charge on any atom is 0.270 e. The lowest BCUT2D eigenvalue weighted by Crippen LogP contribution is -2.48. The van der Waals surface area contributed by atoms with Gasteiger partial charge in [0.1, 0.15) is 11.5 Å². The molecule has 1 aliphatic heterocycles. The fourth-order valence-corrected chi connectivity index (χ4v) is 5.59. The zero-order valence-corrected chi connectivity index (χ0v) is 26.3. The number of nitrogens with zero attached hydrogens (tertiary/aromatic N) is 5. The molecular weight excluding hydrogens is 597 g/mol. The minimum absolute atomic E-state index is 0.00870. The number of nitrogens with one attached hydrogen (secondary N) is 2. The molecule has 0 unspecified atom stereocenters. The first-order valence-corrected chi connectivity index (χ1v) is 15.4. The zero-order valence-electron chi connectivity index (χ0n) is 26.3. The molecule has 6 rings (SSSR count). The van der Waals surface area contributed by atoms with Crippen molar-refractivity contribution in [2.24, 2.45) is 4.99 Å². The summed E-state index contributed by atoms with van der Waals surface area (Å²) in [5.41, 5.74) is 4.42. The van der Waals surface area contributed by atoms with E-state index in [-0.39, 0.29) is 24.2 Å². The number of hydrogen-bond donors (Lipinski definition) is 3. The number of carbonyl (C=O) groups excluding carboxylic acids is 2. The van der Waals surface area contributed by atoms with E-state index in [0.29, 0.717) is 45.7 Å². The Hall–Kier alpha value is -5.39. The summed E-state index contributed by atoms with van der Waals surface area (Å²) >= 11 is 0. The van der Waals surface area contributed by atoms with E-state index >= 15 is 0 Å². The van der Waals surface area contributed by atoms with Crippen molar-refractivity contribution in [3.05, 3.63) is 119 Å². The maximum absolute atomic E-state index is 14.1. The number of H-pyrrole nitrogens is 1. The molecule has 3 N–H and O–H groups in total. The van der Waals surface area contributed by atoms with Gasteiger partial charge in [0.15, 0.2) is 5.88 Å². The Morgan fingerprint density at radius 1 is 1.00 bits per heavy atom. The molecule has 0 radical (unpaired) electrons. The second-order valence-electron chi connectivity index (χ2n) is 11.6. The topological polar surface area (TPSA) is 117 Å². The number of likely N-dealkylation sites (N-methyl/N-ethyl adjacent to an activating group) is 2. The zero-order chi connectivity index (χ0) is 32.9. The predicted molar refractivity (Wildman–Crippen MR) is 181 cm³/mol. The van der Waals surface area contributed by atoms with E-state index in [9.17, 15) is 19.1 Å². The van der Waals surface area contributed by atoms with Gasteiger partial charge in [0.2, 0.25) is 5.91 Å². The Morgan fingerprint density at radius 3 is 2.53 bits per heavy atom. The highest BCUT2D eigenvalue weighted by Gasteiger charge is 2.21. The second kappa shape index (κ2) is 13.9. The van der Waals surface area contributed by atoms with Crippen LogP contribution in [0.4, 0.5) is 15.8 Å². The Balaban J connectivity index is 1.29. The first kappa shape index (κ1) is 31.6. The van der Waals surface area contributed by atoms with Crippen molar-refractivity contribution in [3.8, 4) is 5.88 Å². The number of benzene rings is 3. The SMILES string of the molecule is CN1CCN(CC(=O)N(C)c2ccc(N=C(c3cccc(CNC(=O)c4ccccn4)c3)c3c(O)[nH]c4cc(F)ccc34)cc2)CC1. The molecule has 240 valence electrons. The normalized spacial score (nSPS) is 14.3. The number of aromatic hydroxyl groups is 1. The van der Waals surface area contributed by atoms with E-state index < -0.39 is 5.82 Å². The van der Waals surface area contributed by atoms with Crippen LogP contribution in [0.25, 0.3) is 10.9 Å². The number of carbonyl (C=O) groups is 2.